The van der Waals surface area contributed by atoms with Gasteiger partial charge < -0.3 is 29.4 Å². The van der Waals surface area contributed by atoms with Crippen LogP contribution >= 0.6 is 0 Å². The van der Waals surface area contributed by atoms with E-state index in [-0.39, 0.29) is 47.4 Å². The number of hydrogen-bond acceptors (Lipinski definition) is 8. The molecule has 0 saturated carbocycles. The largest absolute Gasteiger partial charge is 0.459 e. The minimum atomic E-state index is -0.375. The zero-order valence-electron chi connectivity index (χ0n) is 43.0. The van der Waals surface area contributed by atoms with Gasteiger partial charge in [-0.25, -0.2) is 4.79 Å². The molecule has 1 fully saturated rings. The maximum Gasteiger partial charge on any atom is 0.338 e. The number of carbonyl (C=O) groups is 3. The smallest absolute Gasteiger partial charge is 0.338 e. The standard InChI is InChI=1S/C59H75N5O6/c1-42-38-43(2)56-45(39-42)40-46(61-69-41-55(66)63-34-15-9-16-35-63)23-19-25-47(24-18-22-44(3)70-57(56)67)68-37-21-33-60-54(65)32-14-17-36-64-51-29-13-11-27-49(51)59(6,7)53(64)31-20-30-52-58(4,5)48-26-10-12-28-50(48)62(52)8/h10-13,18-20,23-24,26-31,38-39,44,47H,9,14-17,21-22,25,32-37,40-41H2,1-8H3/p+1/b23-19+,24-18+,61-46?/t44-,47-/m1/s1. The third-order valence-electron chi connectivity index (χ3n) is 14.3. The van der Waals surface area contributed by atoms with Gasteiger partial charge in [0.1, 0.15) is 13.2 Å². The number of carbonyl (C=O) groups excluding carboxylic acids is 3. The molecule has 70 heavy (non-hydrogen) atoms. The number of para-hydroxylation sites is 2. The summed E-state index contributed by atoms with van der Waals surface area (Å²) in [6, 6.07) is 21.3. The molecule has 3 aromatic rings. The van der Waals surface area contributed by atoms with Crippen LogP contribution in [0.15, 0.2) is 114 Å². The number of cyclic esters (lactones) is 1. The van der Waals surface area contributed by atoms with Gasteiger partial charge in [-0.15, -0.1) is 0 Å². The zero-order chi connectivity index (χ0) is 49.8. The van der Waals surface area contributed by atoms with Crippen LogP contribution in [0.3, 0.4) is 0 Å². The molecular weight excluding hydrogens is 875 g/mol. The molecule has 11 nitrogen and oxygen atoms in total. The molecule has 1 N–H and O–H groups in total. The van der Waals surface area contributed by atoms with Gasteiger partial charge in [0.05, 0.1) is 22.8 Å². The van der Waals surface area contributed by atoms with Crippen LogP contribution in [0, 0.1) is 13.8 Å². The molecule has 4 aliphatic rings. The number of likely N-dealkylation sites (tertiary alicyclic amines) is 1. The number of esters is 1. The highest BCUT2D eigenvalue weighted by molar-refractivity contribution is 6.03. The van der Waals surface area contributed by atoms with Gasteiger partial charge in [0.2, 0.25) is 11.6 Å². The van der Waals surface area contributed by atoms with Crippen LogP contribution in [0.2, 0.25) is 0 Å². The Labute approximate surface area is 417 Å². The lowest BCUT2D eigenvalue weighted by molar-refractivity contribution is -0.401. The van der Waals surface area contributed by atoms with Gasteiger partial charge in [0, 0.05) is 86.6 Å². The topological polar surface area (TPSA) is 113 Å². The summed E-state index contributed by atoms with van der Waals surface area (Å²) in [6.45, 7) is 18.2. The van der Waals surface area contributed by atoms with Crippen LogP contribution in [-0.2, 0) is 41.2 Å². The van der Waals surface area contributed by atoms with Gasteiger partial charge in [-0.3, -0.25) is 9.59 Å². The number of oxime groups is 1. The van der Waals surface area contributed by atoms with Crippen LogP contribution < -0.4 is 10.2 Å². The third kappa shape index (κ3) is 12.6. The summed E-state index contributed by atoms with van der Waals surface area (Å²) in [6.07, 6.45) is 21.4. The highest BCUT2D eigenvalue weighted by atomic mass is 16.6. The van der Waals surface area contributed by atoms with E-state index in [1.807, 2.05) is 62.1 Å². The summed E-state index contributed by atoms with van der Waals surface area (Å²) in [5.74, 6) is -0.402. The molecule has 0 radical (unpaired) electrons. The van der Waals surface area contributed by atoms with E-state index in [9.17, 15) is 14.4 Å². The van der Waals surface area contributed by atoms with Gasteiger partial charge >= 0.3 is 5.97 Å². The molecule has 0 bridgehead atoms. The van der Waals surface area contributed by atoms with E-state index in [1.54, 1.807) is 0 Å². The number of ether oxygens (including phenoxy) is 2. The number of fused-ring (bicyclic) bond motifs is 3. The maximum atomic E-state index is 13.6. The van der Waals surface area contributed by atoms with E-state index in [2.05, 4.69) is 121 Å². The van der Waals surface area contributed by atoms with E-state index in [0.717, 1.165) is 68.4 Å². The van der Waals surface area contributed by atoms with Crippen LogP contribution in [-0.4, -0.2) is 97.3 Å². The molecule has 0 spiro atoms. The molecule has 0 unspecified atom stereocenters. The SMILES string of the molecule is Cc1cc(C)c2c(c1)CC(=NOCC(=O)N1CCCCC1)/C=C/C[C@H](OCCCNC(=O)CCCCN1/C(=C\C=C\C3=[N+](C)c4ccccc4C3(C)C)C(C)(C)c3ccccc31)/C=C/C[C@@H](C)OC2=O. The van der Waals surface area contributed by atoms with Gasteiger partial charge in [-0.05, 0) is 114 Å². The number of amides is 2. The number of piperidine rings is 1. The molecule has 3 aromatic carbocycles. The number of nitrogens with zero attached hydrogens (tertiary/aromatic N) is 4. The van der Waals surface area contributed by atoms with Crippen molar-refractivity contribution < 1.29 is 33.3 Å². The van der Waals surface area contributed by atoms with E-state index in [1.165, 1.54) is 33.9 Å². The molecule has 4 heterocycles. The molecule has 0 aromatic heterocycles. The second-order valence-corrected chi connectivity index (χ2v) is 20.5. The van der Waals surface area contributed by atoms with Crippen molar-refractivity contribution in [2.75, 3.05) is 51.3 Å². The fourth-order valence-electron chi connectivity index (χ4n) is 10.6. The Balaban J connectivity index is 0.910. The lowest BCUT2D eigenvalue weighted by Gasteiger charge is -2.27. The highest BCUT2D eigenvalue weighted by Crippen LogP contribution is 2.48. The summed E-state index contributed by atoms with van der Waals surface area (Å²) in [5.41, 5.74) is 11.2. The Morgan fingerprint density at radius 3 is 2.47 bits per heavy atom. The van der Waals surface area contributed by atoms with Crippen molar-refractivity contribution in [3.63, 3.8) is 0 Å². The van der Waals surface area contributed by atoms with Gasteiger partial charge in [-0.1, -0.05) is 97.4 Å². The first-order valence-electron chi connectivity index (χ1n) is 25.6. The summed E-state index contributed by atoms with van der Waals surface area (Å²) in [4.78, 5) is 49.5. The summed E-state index contributed by atoms with van der Waals surface area (Å²) in [7, 11) is 2.16. The van der Waals surface area contributed by atoms with Crippen molar-refractivity contribution in [1.29, 1.82) is 0 Å². The molecule has 0 aliphatic carbocycles. The van der Waals surface area contributed by atoms with E-state index < -0.39 is 0 Å². The van der Waals surface area contributed by atoms with Crippen molar-refractivity contribution in [1.82, 2.24) is 10.2 Å². The Morgan fingerprint density at radius 2 is 1.69 bits per heavy atom. The summed E-state index contributed by atoms with van der Waals surface area (Å²) >= 11 is 0. The lowest BCUT2D eigenvalue weighted by Crippen LogP contribution is -2.37. The molecule has 2 atom stereocenters. The average Bonchev–Trinajstić information content (AvgIpc) is 3.66. The van der Waals surface area contributed by atoms with Crippen molar-refractivity contribution in [3.8, 4) is 0 Å². The predicted octanol–water partition coefficient (Wildman–Crippen LogP) is 10.7. The summed E-state index contributed by atoms with van der Waals surface area (Å²) in [5, 5.41) is 7.55. The van der Waals surface area contributed by atoms with Gasteiger partial charge in [-0.2, -0.15) is 4.58 Å². The molecule has 2 amide bonds. The third-order valence-corrected chi connectivity index (χ3v) is 14.3. The molecule has 4 aliphatic heterocycles. The van der Waals surface area contributed by atoms with E-state index in [4.69, 9.17) is 14.3 Å². The Kier molecular flexibility index (Phi) is 17.5. The molecule has 372 valence electrons. The Bertz CT molecular complexity index is 2560. The fourth-order valence-corrected chi connectivity index (χ4v) is 10.6. The number of nitrogens with one attached hydrogen (secondary N) is 1. The number of benzene rings is 3. The van der Waals surface area contributed by atoms with Crippen LogP contribution in [0.1, 0.15) is 131 Å². The minimum Gasteiger partial charge on any atom is -0.459 e. The number of unbranched alkanes of at least 4 members (excludes halogenated alkanes) is 1. The van der Waals surface area contributed by atoms with Crippen LogP contribution in [0.4, 0.5) is 11.4 Å². The highest BCUT2D eigenvalue weighted by Gasteiger charge is 2.43. The van der Waals surface area contributed by atoms with Gasteiger partial charge in [0.15, 0.2) is 12.3 Å². The molecule has 7 rings (SSSR count). The maximum absolute atomic E-state index is 13.6. The van der Waals surface area contributed by atoms with E-state index >= 15 is 0 Å². The molecule has 11 heteroatoms. The quantitative estimate of drug-likeness (QED) is 0.0531. The van der Waals surface area contributed by atoms with Crippen molar-refractivity contribution >= 4 is 40.6 Å². The number of hydrogen-bond donors (Lipinski definition) is 1. The predicted molar refractivity (Wildman–Crippen MR) is 281 cm³/mol. The Morgan fingerprint density at radius 1 is 0.929 bits per heavy atom. The summed E-state index contributed by atoms with van der Waals surface area (Å²) < 4.78 is 14.6. The van der Waals surface area contributed by atoms with E-state index in [0.29, 0.717) is 56.5 Å². The van der Waals surface area contributed by atoms with Crippen LogP contribution in [0.25, 0.3) is 0 Å². The number of rotatable bonds is 15. The van der Waals surface area contributed by atoms with Gasteiger partial charge in [0.25, 0.3) is 5.91 Å². The first kappa shape index (κ1) is 51.8. The first-order chi connectivity index (χ1) is 33.6. The van der Waals surface area contributed by atoms with Crippen LogP contribution in [0.5, 0.6) is 0 Å². The second kappa shape index (κ2) is 23.7. The van der Waals surface area contributed by atoms with Crippen molar-refractivity contribution in [2.24, 2.45) is 5.16 Å². The normalized spacial score (nSPS) is 22.1. The number of allylic oxidation sites excluding steroid dienone is 5. The number of anilines is 1. The zero-order valence-corrected chi connectivity index (χ0v) is 43.0. The first-order valence-corrected chi connectivity index (χ1v) is 25.6. The lowest BCUT2D eigenvalue weighted by atomic mass is 9.81. The fraction of sp³-hybridized carbons (Fsp3) is 0.475. The van der Waals surface area contributed by atoms with Crippen molar-refractivity contribution in [3.05, 3.63) is 142 Å². The second-order valence-electron chi connectivity index (χ2n) is 20.5. The molecule has 1 saturated heterocycles. The minimum absolute atomic E-state index is 0.0464. The molecular formula is C59H76N5O6+. The average molecular weight is 951 g/mol. The monoisotopic (exact) mass is 951 g/mol. The number of aryl methyl sites for hydroxylation is 2. The Hall–Kier alpha value is -6.07. The van der Waals surface area contributed by atoms with Crippen molar-refractivity contribution in [2.45, 2.75) is 136 Å².